The van der Waals surface area contributed by atoms with E-state index in [0.717, 1.165) is 48.0 Å². The maximum Gasteiger partial charge on any atom is 0.416 e. The Bertz CT molecular complexity index is 1490. The Hall–Kier alpha value is -3.70. The number of benzene rings is 3. The first-order chi connectivity index (χ1) is 18.5. The second-order valence-corrected chi connectivity index (χ2v) is 10.2. The van der Waals surface area contributed by atoms with Gasteiger partial charge in [0, 0.05) is 22.6 Å². The van der Waals surface area contributed by atoms with Gasteiger partial charge in [-0.2, -0.15) is 13.2 Å². The standard InChI is InChI=1S/C28H28BrF3N6O/c1-38(2)12-4-3-11-34-24-10-7-20(28(30,31)32)15-25(24)36-26(39)21-14-18(5-8-22(21)29)17-6-9-23-19(13-17)16-35-27(33)37-23/h5-10,13-16,34H,3-4,11-12H2,1-2H3,(H,36,39)(H2,33,35,37). The van der Waals surface area contributed by atoms with Gasteiger partial charge in [-0.1, -0.05) is 12.1 Å². The smallest absolute Gasteiger partial charge is 0.383 e. The molecule has 0 saturated carbocycles. The predicted octanol–water partition coefficient (Wildman–Crippen LogP) is 6.67. The molecule has 0 atom stereocenters. The van der Waals surface area contributed by atoms with Crippen LogP contribution in [0.5, 0.6) is 0 Å². The van der Waals surface area contributed by atoms with Crippen molar-refractivity contribution in [1.82, 2.24) is 14.9 Å². The third-order valence-corrected chi connectivity index (χ3v) is 6.78. The van der Waals surface area contributed by atoms with E-state index in [4.69, 9.17) is 5.73 Å². The van der Waals surface area contributed by atoms with Crippen LogP contribution in [0.15, 0.2) is 65.3 Å². The molecule has 0 radical (unpaired) electrons. The Kier molecular flexibility index (Phi) is 8.71. The molecule has 0 aliphatic rings. The van der Waals surface area contributed by atoms with E-state index in [1.165, 1.54) is 6.07 Å². The summed E-state index contributed by atoms with van der Waals surface area (Å²) in [7, 11) is 3.96. The van der Waals surface area contributed by atoms with E-state index in [9.17, 15) is 18.0 Å². The number of nitrogens with two attached hydrogens (primary N) is 1. The Morgan fingerprint density at radius 2 is 1.74 bits per heavy atom. The molecule has 7 nitrogen and oxygen atoms in total. The zero-order chi connectivity index (χ0) is 28.2. The highest BCUT2D eigenvalue weighted by Gasteiger charge is 2.31. The monoisotopic (exact) mass is 600 g/mol. The molecule has 0 saturated heterocycles. The highest BCUT2D eigenvalue weighted by molar-refractivity contribution is 9.10. The van der Waals surface area contributed by atoms with E-state index in [0.29, 0.717) is 22.2 Å². The number of anilines is 3. The molecule has 0 aliphatic carbocycles. The molecule has 39 heavy (non-hydrogen) atoms. The number of halogens is 4. The van der Waals surface area contributed by atoms with Crippen LogP contribution in [0.25, 0.3) is 22.0 Å². The molecule has 1 aromatic heterocycles. The molecule has 4 N–H and O–H groups in total. The first kappa shape index (κ1) is 28.3. The van der Waals surface area contributed by atoms with Gasteiger partial charge in [0.1, 0.15) is 0 Å². The van der Waals surface area contributed by atoms with Crippen LogP contribution in [0.3, 0.4) is 0 Å². The fraction of sp³-hybridized carbons (Fsp3) is 0.250. The van der Waals surface area contributed by atoms with Crippen LogP contribution in [0.1, 0.15) is 28.8 Å². The quantitative estimate of drug-likeness (QED) is 0.186. The van der Waals surface area contributed by atoms with Crippen molar-refractivity contribution in [3.63, 3.8) is 0 Å². The van der Waals surface area contributed by atoms with Crippen molar-refractivity contribution in [2.75, 3.05) is 43.6 Å². The van der Waals surface area contributed by atoms with Gasteiger partial charge in [-0.05, 0) is 103 Å². The molecule has 0 fully saturated rings. The van der Waals surface area contributed by atoms with E-state index < -0.39 is 17.6 Å². The number of nitrogen functional groups attached to an aromatic ring is 1. The van der Waals surface area contributed by atoms with Crippen LogP contribution in [-0.2, 0) is 6.18 Å². The third kappa shape index (κ3) is 7.24. The summed E-state index contributed by atoms with van der Waals surface area (Å²) in [6, 6.07) is 14.1. The molecular formula is C28H28BrF3N6O. The summed E-state index contributed by atoms with van der Waals surface area (Å²) in [5.41, 5.74) is 7.81. The fourth-order valence-electron chi connectivity index (χ4n) is 4.05. The van der Waals surface area contributed by atoms with E-state index >= 15 is 0 Å². The van der Waals surface area contributed by atoms with Gasteiger partial charge in [0.15, 0.2) is 0 Å². The highest BCUT2D eigenvalue weighted by atomic mass is 79.9. The number of hydrogen-bond donors (Lipinski definition) is 3. The normalized spacial score (nSPS) is 11.7. The van der Waals surface area contributed by atoms with Crippen LogP contribution >= 0.6 is 15.9 Å². The molecule has 0 spiro atoms. The lowest BCUT2D eigenvalue weighted by Gasteiger charge is -2.17. The van der Waals surface area contributed by atoms with Crippen molar-refractivity contribution < 1.29 is 18.0 Å². The van der Waals surface area contributed by atoms with E-state index in [2.05, 4.69) is 41.4 Å². The van der Waals surface area contributed by atoms with E-state index in [1.54, 1.807) is 18.3 Å². The minimum atomic E-state index is -4.55. The van der Waals surface area contributed by atoms with Crippen molar-refractivity contribution in [3.05, 3.63) is 76.4 Å². The average molecular weight is 601 g/mol. The highest BCUT2D eigenvalue weighted by Crippen LogP contribution is 2.35. The van der Waals surface area contributed by atoms with Gasteiger partial charge in [-0.3, -0.25) is 4.79 Å². The minimum Gasteiger partial charge on any atom is -0.383 e. The first-order valence-electron chi connectivity index (χ1n) is 12.2. The number of unbranched alkanes of at least 4 members (excludes halogenated alkanes) is 1. The molecule has 0 aliphatic heterocycles. The number of amides is 1. The molecule has 3 aromatic carbocycles. The molecule has 11 heteroatoms. The summed E-state index contributed by atoms with van der Waals surface area (Å²) in [6.45, 7) is 1.46. The van der Waals surface area contributed by atoms with Crippen LogP contribution in [-0.4, -0.2) is 48.0 Å². The summed E-state index contributed by atoms with van der Waals surface area (Å²) in [6.07, 6.45) is -1.18. The van der Waals surface area contributed by atoms with Gasteiger partial charge in [0.25, 0.3) is 5.91 Å². The second-order valence-electron chi connectivity index (χ2n) is 9.35. The minimum absolute atomic E-state index is 0.0557. The number of alkyl halides is 3. The number of hydrogen-bond acceptors (Lipinski definition) is 6. The summed E-state index contributed by atoms with van der Waals surface area (Å²) >= 11 is 3.41. The number of carbonyl (C=O) groups is 1. The number of nitrogens with one attached hydrogen (secondary N) is 2. The molecule has 0 unspecified atom stereocenters. The maximum absolute atomic E-state index is 13.5. The number of nitrogens with zero attached hydrogens (tertiary/aromatic N) is 3. The van der Waals surface area contributed by atoms with Crippen LogP contribution in [0, 0.1) is 0 Å². The van der Waals surface area contributed by atoms with Gasteiger partial charge < -0.3 is 21.3 Å². The summed E-state index contributed by atoms with van der Waals surface area (Å²) < 4.78 is 40.9. The average Bonchev–Trinajstić information content (AvgIpc) is 2.88. The van der Waals surface area contributed by atoms with Crippen molar-refractivity contribution in [2.45, 2.75) is 19.0 Å². The molecule has 204 valence electrons. The number of carbonyl (C=O) groups excluding carboxylic acids is 1. The second kappa shape index (κ2) is 12.0. The van der Waals surface area contributed by atoms with Crippen molar-refractivity contribution in [3.8, 4) is 11.1 Å². The van der Waals surface area contributed by atoms with Crippen molar-refractivity contribution in [1.29, 1.82) is 0 Å². The Balaban J connectivity index is 1.59. The Morgan fingerprint density at radius 1 is 1.00 bits per heavy atom. The van der Waals surface area contributed by atoms with Gasteiger partial charge in [0.2, 0.25) is 5.95 Å². The summed E-state index contributed by atoms with van der Waals surface area (Å²) in [4.78, 5) is 23.6. The maximum atomic E-state index is 13.5. The lowest BCUT2D eigenvalue weighted by Crippen LogP contribution is -2.17. The number of rotatable bonds is 9. The Morgan fingerprint density at radius 3 is 2.49 bits per heavy atom. The van der Waals surface area contributed by atoms with Gasteiger partial charge in [-0.25, -0.2) is 9.97 Å². The third-order valence-electron chi connectivity index (χ3n) is 6.09. The van der Waals surface area contributed by atoms with Crippen molar-refractivity contribution >= 4 is 50.1 Å². The fourth-order valence-corrected chi connectivity index (χ4v) is 4.48. The first-order valence-corrected chi connectivity index (χ1v) is 13.0. The van der Waals surface area contributed by atoms with Crippen LogP contribution in [0.2, 0.25) is 0 Å². The predicted molar refractivity (Wildman–Crippen MR) is 153 cm³/mol. The summed E-state index contributed by atoms with van der Waals surface area (Å²) in [5.74, 6) is -0.370. The molecular weight excluding hydrogens is 573 g/mol. The lowest BCUT2D eigenvalue weighted by molar-refractivity contribution is -0.137. The largest absolute Gasteiger partial charge is 0.416 e. The molecule has 1 amide bonds. The van der Waals surface area contributed by atoms with Gasteiger partial charge in [0.05, 0.1) is 28.0 Å². The van der Waals surface area contributed by atoms with E-state index in [-0.39, 0.29) is 17.2 Å². The molecule has 4 aromatic rings. The van der Waals surface area contributed by atoms with E-state index in [1.807, 2.05) is 38.4 Å². The van der Waals surface area contributed by atoms with Crippen LogP contribution in [0.4, 0.5) is 30.5 Å². The lowest BCUT2D eigenvalue weighted by atomic mass is 10.0. The zero-order valence-corrected chi connectivity index (χ0v) is 23.0. The number of aromatic nitrogens is 2. The summed E-state index contributed by atoms with van der Waals surface area (Å²) in [5, 5.41) is 6.62. The molecule has 4 rings (SSSR count). The van der Waals surface area contributed by atoms with Crippen molar-refractivity contribution in [2.24, 2.45) is 0 Å². The zero-order valence-electron chi connectivity index (χ0n) is 21.4. The number of fused-ring (bicyclic) bond motifs is 1. The van der Waals surface area contributed by atoms with Gasteiger partial charge in [-0.15, -0.1) is 0 Å². The Labute approximate surface area is 232 Å². The SMILES string of the molecule is CN(C)CCCCNc1ccc(C(F)(F)F)cc1NC(=O)c1cc(-c2ccc3nc(N)ncc3c2)ccc1Br. The van der Waals surface area contributed by atoms with Crippen LogP contribution < -0.4 is 16.4 Å². The topological polar surface area (TPSA) is 96.2 Å². The van der Waals surface area contributed by atoms with Gasteiger partial charge >= 0.3 is 6.18 Å². The molecule has 1 heterocycles. The molecule has 0 bridgehead atoms.